The van der Waals surface area contributed by atoms with Gasteiger partial charge in [-0.2, -0.15) is 0 Å². The smallest absolute Gasteiger partial charge is 0.317 e. The monoisotopic (exact) mass is 259 g/mol. The number of carboxylic acids is 1. The number of hydrogen-bond acceptors (Lipinski definition) is 5. The van der Waals surface area contributed by atoms with Crippen molar-refractivity contribution in [1.82, 2.24) is 4.90 Å². The third-order valence-corrected chi connectivity index (χ3v) is 3.41. The van der Waals surface area contributed by atoms with E-state index in [-0.39, 0.29) is 42.7 Å². The highest BCUT2D eigenvalue weighted by Crippen LogP contribution is 2.19. The molecule has 7 heteroatoms. The molecule has 0 aromatic heterocycles. The second-order valence-corrected chi connectivity index (χ2v) is 5.04. The summed E-state index contributed by atoms with van der Waals surface area (Å²) >= 11 is 0.706. The van der Waals surface area contributed by atoms with Gasteiger partial charge < -0.3 is 5.11 Å². The molecular weight excluding hydrogens is 246 g/mol. The van der Waals surface area contributed by atoms with E-state index in [2.05, 4.69) is 0 Å². The normalized spacial score (nSPS) is 17.4. The Bertz CT molecular complexity index is 352. The first-order valence-electron chi connectivity index (χ1n) is 5.15. The Morgan fingerprint density at radius 1 is 1.35 bits per heavy atom. The maximum atomic E-state index is 11.3. The van der Waals surface area contributed by atoms with Gasteiger partial charge >= 0.3 is 5.97 Å². The zero-order valence-corrected chi connectivity index (χ0v) is 10.2. The van der Waals surface area contributed by atoms with E-state index >= 15 is 0 Å². The molecular formula is C10H13NO5S. The van der Waals surface area contributed by atoms with Crippen LogP contribution in [0.2, 0.25) is 0 Å². The fourth-order valence-corrected chi connectivity index (χ4v) is 2.28. The first-order chi connectivity index (χ1) is 7.91. The van der Waals surface area contributed by atoms with Gasteiger partial charge in [-0.25, -0.2) is 0 Å². The molecule has 1 aliphatic heterocycles. The third kappa shape index (κ3) is 3.85. The van der Waals surface area contributed by atoms with Gasteiger partial charge in [-0.15, -0.1) is 0 Å². The Balaban J connectivity index is 2.51. The molecule has 0 aliphatic carbocycles. The summed E-state index contributed by atoms with van der Waals surface area (Å²) in [6, 6.07) is 0. The Labute approximate surface area is 102 Å². The summed E-state index contributed by atoms with van der Waals surface area (Å²) in [5.41, 5.74) is 0. The van der Waals surface area contributed by atoms with E-state index in [4.69, 9.17) is 5.11 Å². The lowest BCUT2D eigenvalue weighted by Gasteiger charge is -2.16. The highest BCUT2D eigenvalue weighted by atomic mass is 32.2. The quantitative estimate of drug-likeness (QED) is 0.712. The first-order valence-corrected chi connectivity index (χ1v) is 6.03. The number of carbonyl (C=O) groups excluding carboxylic acids is 3. The fourth-order valence-electron chi connectivity index (χ4n) is 1.55. The predicted octanol–water partition coefficient (Wildman–Crippen LogP) is 0.258. The zero-order chi connectivity index (χ0) is 13.0. The average Bonchev–Trinajstić information content (AvgIpc) is 2.53. The summed E-state index contributed by atoms with van der Waals surface area (Å²) in [5.74, 6) is -1.65. The van der Waals surface area contributed by atoms with Crippen molar-refractivity contribution in [3.63, 3.8) is 0 Å². The lowest BCUT2D eigenvalue weighted by Crippen LogP contribution is -2.33. The Morgan fingerprint density at radius 3 is 2.29 bits per heavy atom. The number of rotatable bonds is 5. The fraction of sp³-hybridized carbons (Fsp3) is 0.600. The predicted molar refractivity (Wildman–Crippen MR) is 60.3 cm³/mol. The molecule has 0 radical (unpaired) electrons. The van der Waals surface area contributed by atoms with Gasteiger partial charge in [0.1, 0.15) is 5.25 Å². The molecule has 1 fully saturated rings. The second-order valence-electron chi connectivity index (χ2n) is 3.66. The van der Waals surface area contributed by atoms with Crippen molar-refractivity contribution in [2.24, 2.45) is 0 Å². The lowest BCUT2D eigenvalue weighted by molar-refractivity contribution is -0.140. The van der Waals surface area contributed by atoms with Crippen LogP contribution in [0.25, 0.3) is 0 Å². The van der Waals surface area contributed by atoms with Crippen LogP contribution in [0.1, 0.15) is 26.2 Å². The van der Waals surface area contributed by atoms with Gasteiger partial charge in [-0.05, 0) is 6.42 Å². The summed E-state index contributed by atoms with van der Waals surface area (Å²) in [6.07, 6.45) is 0.476. The van der Waals surface area contributed by atoms with Crippen molar-refractivity contribution in [3.8, 4) is 0 Å². The average molecular weight is 259 g/mol. The molecule has 1 aliphatic rings. The largest absolute Gasteiger partial charge is 0.480 e. The standard InChI is InChI=1S/C10H13NO5S/c1-6(12)17-7(10(15)16)4-5-11-8(13)2-3-9(11)14/h7H,2-5H2,1H3,(H,15,16). The number of carbonyl (C=O) groups is 4. The number of imide groups is 1. The van der Waals surface area contributed by atoms with Crippen LogP contribution in [-0.2, 0) is 19.2 Å². The minimum Gasteiger partial charge on any atom is -0.480 e. The van der Waals surface area contributed by atoms with Crippen molar-refractivity contribution in [2.45, 2.75) is 31.4 Å². The highest BCUT2D eigenvalue weighted by molar-refractivity contribution is 8.14. The maximum absolute atomic E-state index is 11.3. The zero-order valence-electron chi connectivity index (χ0n) is 9.34. The molecule has 0 bridgehead atoms. The number of aliphatic carboxylic acids is 1. The van der Waals surface area contributed by atoms with E-state index < -0.39 is 11.2 Å². The van der Waals surface area contributed by atoms with Gasteiger partial charge in [0.05, 0.1) is 0 Å². The Morgan fingerprint density at radius 2 is 1.88 bits per heavy atom. The van der Waals surface area contributed by atoms with Crippen molar-refractivity contribution in [3.05, 3.63) is 0 Å². The van der Waals surface area contributed by atoms with E-state index in [9.17, 15) is 19.2 Å². The van der Waals surface area contributed by atoms with Crippen LogP contribution >= 0.6 is 11.8 Å². The molecule has 2 amide bonds. The maximum Gasteiger partial charge on any atom is 0.317 e. The van der Waals surface area contributed by atoms with Crippen molar-refractivity contribution in [1.29, 1.82) is 0 Å². The van der Waals surface area contributed by atoms with Crippen LogP contribution in [0.3, 0.4) is 0 Å². The summed E-state index contributed by atoms with van der Waals surface area (Å²) in [7, 11) is 0. The molecule has 0 aromatic rings. The van der Waals surface area contributed by atoms with Crippen LogP contribution in [0.15, 0.2) is 0 Å². The number of likely N-dealkylation sites (tertiary alicyclic amines) is 1. The number of carboxylic acid groups (broad SMARTS) is 1. The first kappa shape index (κ1) is 13.7. The van der Waals surface area contributed by atoms with Gasteiger partial charge in [-0.3, -0.25) is 24.1 Å². The topological polar surface area (TPSA) is 91.8 Å². The van der Waals surface area contributed by atoms with Crippen molar-refractivity contribution < 1.29 is 24.3 Å². The molecule has 1 heterocycles. The molecule has 94 valence electrons. The summed E-state index contributed by atoms with van der Waals surface area (Å²) < 4.78 is 0. The molecule has 1 saturated heterocycles. The van der Waals surface area contributed by atoms with Crippen LogP contribution in [-0.4, -0.2) is 44.7 Å². The lowest BCUT2D eigenvalue weighted by atomic mass is 10.3. The van der Waals surface area contributed by atoms with Gasteiger partial charge in [0, 0.05) is 26.3 Å². The minimum absolute atomic E-state index is 0.0644. The molecule has 1 unspecified atom stereocenters. The molecule has 6 nitrogen and oxygen atoms in total. The van der Waals surface area contributed by atoms with Gasteiger partial charge in [0.25, 0.3) is 0 Å². The molecule has 0 saturated carbocycles. The van der Waals surface area contributed by atoms with Crippen molar-refractivity contribution in [2.75, 3.05) is 6.54 Å². The minimum atomic E-state index is -1.11. The molecule has 1 rings (SSSR count). The summed E-state index contributed by atoms with van der Waals surface area (Å²) in [4.78, 5) is 45.3. The van der Waals surface area contributed by atoms with E-state index in [0.29, 0.717) is 11.8 Å². The van der Waals surface area contributed by atoms with E-state index in [1.54, 1.807) is 0 Å². The van der Waals surface area contributed by atoms with Gasteiger partial charge in [0.15, 0.2) is 5.12 Å². The number of nitrogens with zero attached hydrogens (tertiary/aromatic N) is 1. The summed E-state index contributed by atoms with van der Waals surface area (Å²) in [6.45, 7) is 1.35. The third-order valence-electron chi connectivity index (χ3n) is 2.35. The molecule has 1 atom stereocenters. The molecule has 0 aromatic carbocycles. The molecule has 0 spiro atoms. The van der Waals surface area contributed by atoms with Gasteiger partial charge in [0.2, 0.25) is 11.8 Å². The van der Waals surface area contributed by atoms with Crippen LogP contribution < -0.4 is 0 Å². The second kappa shape index (κ2) is 5.81. The van der Waals surface area contributed by atoms with E-state index in [1.165, 1.54) is 6.92 Å². The van der Waals surface area contributed by atoms with E-state index in [1.807, 2.05) is 0 Å². The molecule has 1 N–H and O–H groups in total. The molecule has 17 heavy (non-hydrogen) atoms. The number of amides is 2. The SMILES string of the molecule is CC(=O)SC(CCN1C(=O)CCC1=O)C(=O)O. The van der Waals surface area contributed by atoms with Crippen LogP contribution in [0.4, 0.5) is 0 Å². The Hall–Kier alpha value is -1.37. The summed E-state index contributed by atoms with van der Waals surface area (Å²) in [5, 5.41) is 7.66. The van der Waals surface area contributed by atoms with E-state index in [0.717, 1.165) is 4.90 Å². The highest BCUT2D eigenvalue weighted by Gasteiger charge is 2.30. The van der Waals surface area contributed by atoms with Crippen molar-refractivity contribution >= 4 is 34.7 Å². The van der Waals surface area contributed by atoms with Gasteiger partial charge in [-0.1, -0.05) is 11.8 Å². The number of thioether (sulfide) groups is 1. The Kier molecular flexibility index (Phi) is 4.68. The van der Waals surface area contributed by atoms with Crippen LogP contribution in [0, 0.1) is 0 Å². The number of hydrogen-bond donors (Lipinski definition) is 1. The van der Waals surface area contributed by atoms with Crippen LogP contribution in [0.5, 0.6) is 0 Å².